The van der Waals surface area contributed by atoms with Gasteiger partial charge in [0.2, 0.25) is 5.91 Å². The van der Waals surface area contributed by atoms with Crippen LogP contribution in [0, 0.1) is 0 Å². The third-order valence-electron chi connectivity index (χ3n) is 2.12. The van der Waals surface area contributed by atoms with E-state index in [-0.39, 0.29) is 17.0 Å². The van der Waals surface area contributed by atoms with Gasteiger partial charge in [-0.1, -0.05) is 0 Å². The zero-order chi connectivity index (χ0) is 15.3. The van der Waals surface area contributed by atoms with Gasteiger partial charge in [0.05, 0.1) is 24.3 Å². The maximum Gasteiger partial charge on any atom is 0.401 e. The van der Waals surface area contributed by atoms with Crippen LogP contribution in [0.2, 0.25) is 0 Å². The fourth-order valence-corrected chi connectivity index (χ4v) is 1.33. The summed E-state index contributed by atoms with van der Waals surface area (Å²) < 4.78 is 35.5. The number of alkyl halides is 3. The number of aromatic carboxylic acids is 1. The molecule has 1 amide bonds. The molecule has 0 aromatic heterocycles. The van der Waals surface area contributed by atoms with Gasteiger partial charge in [-0.25, -0.2) is 4.79 Å². The van der Waals surface area contributed by atoms with Gasteiger partial charge in [0.1, 0.15) is 5.75 Å². The fraction of sp³-hybridized carbons (Fsp3) is 0.273. The minimum atomic E-state index is -4.44. The van der Waals surface area contributed by atoms with Crippen LogP contribution >= 0.6 is 0 Å². The number of phenols is 1. The fourth-order valence-electron chi connectivity index (χ4n) is 1.33. The van der Waals surface area contributed by atoms with Gasteiger partial charge in [-0.2, -0.15) is 13.2 Å². The zero-order valence-electron chi connectivity index (χ0n) is 9.99. The van der Waals surface area contributed by atoms with Crippen LogP contribution in [0.4, 0.5) is 18.9 Å². The van der Waals surface area contributed by atoms with E-state index in [4.69, 9.17) is 10.2 Å². The maximum atomic E-state index is 11.8. The number of hydrogen-bond acceptors (Lipinski definition) is 4. The minimum absolute atomic E-state index is 0.117. The largest absolute Gasteiger partial charge is 0.508 e. The quantitative estimate of drug-likeness (QED) is 0.611. The second-order valence-corrected chi connectivity index (χ2v) is 3.80. The van der Waals surface area contributed by atoms with Crippen molar-refractivity contribution in [3.05, 3.63) is 23.8 Å². The summed E-state index contributed by atoms with van der Waals surface area (Å²) in [4.78, 5) is 22.2. The van der Waals surface area contributed by atoms with Crippen molar-refractivity contribution in [3.8, 4) is 5.75 Å². The number of carbonyl (C=O) groups excluding carboxylic acids is 1. The molecule has 0 unspecified atom stereocenters. The molecule has 0 saturated heterocycles. The average molecular weight is 292 g/mol. The molecule has 0 heterocycles. The Balaban J connectivity index is 2.64. The Morgan fingerprint density at radius 3 is 2.45 bits per heavy atom. The topological polar surface area (TPSA) is 98.7 Å². The summed E-state index contributed by atoms with van der Waals surface area (Å²) in [6.45, 7) is -1.96. The van der Waals surface area contributed by atoms with Crippen LogP contribution in [0.1, 0.15) is 10.4 Å². The molecule has 20 heavy (non-hydrogen) atoms. The first kappa shape index (κ1) is 15.8. The Kier molecular flexibility index (Phi) is 4.92. The lowest BCUT2D eigenvalue weighted by Gasteiger charge is -2.10. The summed E-state index contributed by atoms with van der Waals surface area (Å²) in [7, 11) is 0. The molecule has 110 valence electrons. The number of carbonyl (C=O) groups is 2. The van der Waals surface area contributed by atoms with E-state index in [1.807, 2.05) is 5.32 Å². The summed E-state index contributed by atoms with van der Waals surface area (Å²) in [5.41, 5.74) is -0.483. The van der Waals surface area contributed by atoms with E-state index >= 15 is 0 Å². The Hall–Kier alpha value is -2.29. The third-order valence-corrected chi connectivity index (χ3v) is 2.12. The average Bonchev–Trinajstić information content (AvgIpc) is 2.29. The minimum Gasteiger partial charge on any atom is -0.508 e. The zero-order valence-corrected chi connectivity index (χ0v) is 9.99. The van der Waals surface area contributed by atoms with E-state index in [0.717, 1.165) is 18.2 Å². The molecule has 0 bridgehead atoms. The molecule has 1 rings (SSSR count). The molecular weight excluding hydrogens is 281 g/mol. The SMILES string of the molecule is O=C(CNCC(F)(F)F)Nc1ccc(O)cc1C(=O)O. The lowest BCUT2D eigenvalue weighted by Crippen LogP contribution is -2.35. The maximum absolute atomic E-state index is 11.8. The number of benzene rings is 1. The molecule has 0 fully saturated rings. The van der Waals surface area contributed by atoms with Gasteiger partial charge in [-0.15, -0.1) is 0 Å². The molecule has 0 spiro atoms. The van der Waals surface area contributed by atoms with Crippen LogP contribution in [-0.4, -0.2) is 41.4 Å². The monoisotopic (exact) mass is 292 g/mol. The van der Waals surface area contributed by atoms with Gasteiger partial charge < -0.3 is 20.8 Å². The number of hydrogen-bond donors (Lipinski definition) is 4. The Morgan fingerprint density at radius 2 is 1.90 bits per heavy atom. The van der Waals surface area contributed by atoms with Crippen molar-refractivity contribution in [2.24, 2.45) is 0 Å². The molecule has 1 aromatic carbocycles. The Labute approximate surface area is 111 Å². The van der Waals surface area contributed by atoms with Crippen molar-refractivity contribution >= 4 is 17.6 Å². The summed E-state index contributed by atoms with van der Waals surface area (Å²) >= 11 is 0. The van der Waals surface area contributed by atoms with Gasteiger partial charge in [-0.05, 0) is 18.2 Å². The highest BCUT2D eigenvalue weighted by Crippen LogP contribution is 2.21. The van der Waals surface area contributed by atoms with Gasteiger partial charge in [-0.3, -0.25) is 4.79 Å². The van der Waals surface area contributed by atoms with Crippen molar-refractivity contribution in [2.45, 2.75) is 6.18 Å². The van der Waals surface area contributed by atoms with Crippen molar-refractivity contribution in [1.82, 2.24) is 5.32 Å². The predicted molar refractivity (Wildman–Crippen MR) is 62.6 cm³/mol. The van der Waals surface area contributed by atoms with Crippen molar-refractivity contribution in [2.75, 3.05) is 18.4 Å². The number of carboxylic acid groups (broad SMARTS) is 1. The lowest BCUT2D eigenvalue weighted by atomic mass is 10.1. The Morgan fingerprint density at radius 1 is 1.25 bits per heavy atom. The van der Waals surface area contributed by atoms with E-state index in [2.05, 4.69) is 5.32 Å². The molecule has 0 atom stereocenters. The van der Waals surface area contributed by atoms with Crippen molar-refractivity contribution in [3.63, 3.8) is 0 Å². The molecule has 0 aliphatic heterocycles. The smallest absolute Gasteiger partial charge is 0.401 e. The third kappa shape index (κ3) is 5.14. The molecule has 0 aliphatic carbocycles. The lowest BCUT2D eigenvalue weighted by molar-refractivity contribution is -0.126. The molecule has 1 aromatic rings. The summed E-state index contributed by atoms with van der Waals surface area (Å²) in [5, 5.41) is 22.0. The first-order valence-corrected chi connectivity index (χ1v) is 5.32. The van der Waals surface area contributed by atoms with E-state index in [9.17, 15) is 22.8 Å². The van der Waals surface area contributed by atoms with Crippen LogP contribution in [0.3, 0.4) is 0 Å². The standard InChI is InChI=1S/C11H11F3N2O4/c12-11(13,14)5-15-4-9(18)16-8-2-1-6(17)3-7(8)10(19)20/h1-3,15,17H,4-5H2,(H,16,18)(H,19,20). The van der Waals surface area contributed by atoms with Gasteiger partial charge in [0, 0.05) is 0 Å². The highest BCUT2D eigenvalue weighted by molar-refractivity contribution is 6.01. The molecule has 0 radical (unpaired) electrons. The predicted octanol–water partition coefficient (Wildman–Crippen LogP) is 1.18. The summed E-state index contributed by atoms with van der Waals surface area (Å²) in [6.07, 6.45) is -4.44. The van der Waals surface area contributed by atoms with Crippen LogP contribution in [0.5, 0.6) is 5.75 Å². The second-order valence-electron chi connectivity index (χ2n) is 3.80. The molecule has 0 saturated carbocycles. The number of anilines is 1. The van der Waals surface area contributed by atoms with Gasteiger partial charge in [0.15, 0.2) is 0 Å². The van der Waals surface area contributed by atoms with Gasteiger partial charge >= 0.3 is 12.1 Å². The van der Waals surface area contributed by atoms with Crippen molar-refractivity contribution in [1.29, 1.82) is 0 Å². The van der Waals surface area contributed by atoms with Crippen LogP contribution in [-0.2, 0) is 4.79 Å². The van der Waals surface area contributed by atoms with Crippen LogP contribution < -0.4 is 10.6 Å². The number of rotatable bonds is 5. The normalized spacial score (nSPS) is 11.2. The van der Waals surface area contributed by atoms with Crippen LogP contribution in [0.25, 0.3) is 0 Å². The molecule has 9 heteroatoms. The van der Waals surface area contributed by atoms with E-state index in [0.29, 0.717) is 0 Å². The van der Waals surface area contributed by atoms with E-state index in [1.54, 1.807) is 0 Å². The van der Waals surface area contributed by atoms with Crippen LogP contribution in [0.15, 0.2) is 18.2 Å². The first-order chi connectivity index (χ1) is 9.19. The number of carboxylic acids is 1. The summed E-state index contributed by atoms with van der Waals surface area (Å²) in [6, 6.07) is 3.20. The number of aromatic hydroxyl groups is 1. The molecule has 4 N–H and O–H groups in total. The highest BCUT2D eigenvalue weighted by atomic mass is 19.4. The summed E-state index contributed by atoms with van der Waals surface area (Å²) in [5.74, 6) is -2.53. The number of amides is 1. The van der Waals surface area contributed by atoms with E-state index < -0.39 is 31.1 Å². The van der Waals surface area contributed by atoms with Gasteiger partial charge in [0.25, 0.3) is 0 Å². The number of halogens is 3. The second kappa shape index (κ2) is 6.24. The molecular formula is C11H11F3N2O4. The van der Waals surface area contributed by atoms with E-state index in [1.165, 1.54) is 0 Å². The first-order valence-electron chi connectivity index (χ1n) is 5.32. The molecule has 0 aliphatic rings. The number of phenolic OH excluding ortho intramolecular Hbond substituents is 1. The Bertz CT molecular complexity index is 517. The highest BCUT2D eigenvalue weighted by Gasteiger charge is 2.26. The van der Waals surface area contributed by atoms with Crippen molar-refractivity contribution < 1.29 is 33.0 Å². The number of nitrogens with one attached hydrogen (secondary N) is 2. The molecule has 6 nitrogen and oxygen atoms in total.